The standard InChI is InChI=1S/C53H61N3O2/c1-33(2)53(57)58-49-18-14-13-17-48(49)54-47-28-27-46(44-15-11-12-16-45(44)47)50(40-19-23-42(24-20-40)55(9)51-36(5)29-34(3)30-37(51)6)41-21-25-43(26-22-41)56(10)52-38(7)31-35(4)32-39(52)8/h11-12,15-16,19-32,48-50,53-54,57H,1,13-14,17-18H2,2-10H3. The van der Waals surface area contributed by atoms with E-state index in [2.05, 4.69) is 187 Å². The third kappa shape index (κ3) is 8.43. The Labute approximate surface area is 347 Å². The zero-order valence-corrected chi connectivity index (χ0v) is 36.0. The van der Waals surface area contributed by atoms with E-state index in [0.29, 0.717) is 5.57 Å². The summed E-state index contributed by atoms with van der Waals surface area (Å²) in [5.41, 5.74) is 18.0. The highest BCUT2D eigenvalue weighted by Crippen LogP contribution is 2.42. The first-order valence-electron chi connectivity index (χ1n) is 20.9. The second-order valence-corrected chi connectivity index (χ2v) is 16.9. The molecule has 6 aromatic rings. The third-order valence-corrected chi connectivity index (χ3v) is 12.2. The van der Waals surface area contributed by atoms with Gasteiger partial charge in [-0.05, 0) is 142 Å². The molecule has 0 amide bonds. The van der Waals surface area contributed by atoms with E-state index >= 15 is 0 Å². The van der Waals surface area contributed by atoms with Crippen molar-refractivity contribution in [3.05, 3.63) is 171 Å². The second-order valence-electron chi connectivity index (χ2n) is 16.9. The van der Waals surface area contributed by atoms with E-state index in [9.17, 15) is 5.11 Å². The number of nitrogens with zero attached hydrogens (tertiary/aromatic N) is 2. The number of nitrogens with one attached hydrogen (secondary N) is 1. The van der Waals surface area contributed by atoms with Crippen molar-refractivity contribution >= 4 is 39.2 Å². The Morgan fingerprint density at radius 3 is 1.60 bits per heavy atom. The molecule has 0 aliphatic heterocycles. The fraction of sp³-hybridized carbons (Fsp3) is 0.321. The van der Waals surface area contributed by atoms with Crippen LogP contribution in [0.4, 0.5) is 28.4 Å². The minimum Gasteiger partial charge on any atom is -0.379 e. The number of hydrogen-bond donors (Lipinski definition) is 2. The Morgan fingerprint density at radius 1 is 0.655 bits per heavy atom. The lowest BCUT2D eigenvalue weighted by Gasteiger charge is -2.34. The van der Waals surface area contributed by atoms with Gasteiger partial charge in [-0.1, -0.05) is 109 Å². The SMILES string of the molecule is C=C(C)C(O)OC1CCCCC1Nc1ccc(C(c2ccc(N(C)c3c(C)cc(C)cc3C)cc2)c2ccc(N(C)c3c(C)cc(C)cc3C)cc2)c2ccccc12. The smallest absolute Gasteiger partial charge is 0.176 e. The molecule has 0 aromatic heterocycles. The van der Waals surface area contributed by atoms with Gasteiger partial charge >= 0.3 is 0 Å². The van der Waals surface area contributed by atoms with Crippen molar-refractivity contribution < 1.29 is 9.84 Å². The van der Waals surface area contributed by atoms with E-state index in [0.717, 1.165) is 42.7 Å². The van der Waals surface area contributed by atoms with Gasteiger partial charge in [-0.15, -0.1) is 0 Å². The molecule has 0 saturated heterocycles. The molecular weight excluding hydrogens is 711 g/mol. The summed E-state index contributed by atoms with van der Waals surface area (Å²) in [7, 11) is 4.34. The fourth-order valence-electron chi connectivity index (χ4n) is 9.60. The highest BCUT2D eigenvalue weighted by Gasteiger charge is 2.29. The molecule has 1 aliphatic rings. The molecule has 1 aliphatic carbocycles. The highest BCUT2D eigenvalue weighted by atomic mass is 16.6. The normalized spacial score (nSPS) is 16.1. The third-order valence-electron chi connectivity index (χ3n) is 12.2. The number of aliphatic hydroxyl groups is 1. The Kier molecular flexibility index (Phi) is 12.1. The maximum Gasteiger partial charge on any atom is 0.176 e. The van der Waals surface area contributed by atoms with Crippen LogP contribution in [-0.2, 0) is 4.74 Å². The van der Waals surface area contributed by atoms with Crippen LogP contribution in [0.15, 0.2) is 121 Å². The van der Waals surface area contributed by atoms with Gasteiger partial charge in [-0.25, -0.2) is 0 Å². The number of anilines is 5. The van der Waals surface area contributed by atoms with Gasteiger partial charge in [-0.3, -0.25) is 0 Å². The first-order valence-corrected chi connectivity index (χ1v) is 20.9. The van der Waals surface area contributed by atoms with Crippen LogP contribution in [0.2, 0.25) is 0 Å². The molecule has 6 aromatic carbocycles. The summed E-state index contributed by atoms with van der Waals surface area (Å²) in [5.74, 6) is -0.0140. The fourth-order valence-corrected chi connectivity index (χ4v) is 9.60. The first kappa shape index (κ1) is 40.8. The van der Waals surface area contributed by atoms with Gasteiger partial charge in [0, 0.05) is 53.8 Å². The minimum absolute atomic E-state index is 0.0140. The number of benzene rings is 6. The van der Waals surface area contributed by atoms with Crippen LogP contribution in [0.3, 0.4) is 0 Å². The average molecular weight is 772 g/mol. The molecular formula is C53H61N3O2. The van der Waals surface area contributed by atoms with E-state index < -0.39 is 6.29 Å². The van der Waals surface area contributed by atoms with Crippen LogP contribution in [0, 0.1) is 41.5 Å². The summed E-state index contributed by atoms with van der Waals surface area (Å²) in [5, 5.41) is 16.8. The first-order chi connectivity index (χ1) is 27.8. The van der Waals surface area contributed by atoms with Gasteiger partial charge < -0.3 is 25.0 Å². The summed E-state index contributed by atoms with van der Waals surface area (Å²) in [6.07, 6.45) is 3.05. The average Bonchev–Trinajstić information content (AvgIpc) is 3.19. The van der Waals surface area contributed by atoms with Gasteiger partial charge in [0.2, 0.25) is 0 Å². The minimum atomic E-state index is -0.959. The molecule has 300 valence electrons. The van der Waals surface area contributed by atoms with Crippen LogP contribution in [0.5, 0.6) is 0 Å². The largest absolute Gasteiger partial charge is 0.379 e. The van der Waals surface area contributed by atoms with Crippen molar-refractivity contribution in [2.75, 3.05) is 29.2 Å². The quantitative estimate of drug-likeness (QED) is 0.0737. The lowest BCUT2D eigenvalue weighted by Crippen LogP contribution is -2.41. The summed E-state index contributed by atoms with van der Waals surface area (Å²) < 4.78 is 6.16. The summed E-state index contributed by atoms with van der Waals surface area (Å²) >= 11 is 0. The molecule has 0 heterocycles. The van der Waals surface area contributed by atoms with Crippen LogP contribution < -0.4 is 15.1 Å². The number of fused-ring (bicyclic) bond motifs is 1. The van der Waals surface area contributed by atoms with Gasteiger partial charge in [0.1, 0.15) is 0 Å². The number of hydrogen-bond acceptors (Lipinski definition) is 5. The number of aryl methyl sites for hydroxylation is 6. The Hall–Kier alpha value is -5.36. The van der Waals surface area contributed by atoms with Crippen LogP contribution in [0.25, 0.3) is 10.8 Å². The molecule has 5 heteroatoms. The van der Waals surface area contributed by atoms with Gasteiger partial charge in [-0.2, -0.15) is 0 Å². The summed E-state index contributed by atoms with van der Waals surface area (Å²) in [4.78, 5) is 4.63. The van der Waals surface area contributed by atoms with Crippen molar-refractivity contribution in [1.82, 2.24) is 0 Å². The molecule has 0 bridgehead atoms. The van der Waals surface area contributed by atoms with Crippen molar-refractivity contribution in [3.63, 3.8) is 0 Å². The lowest BCUT2D eigenvalue weighted by molar-refractivity contribution is -0.124. The molecule has 1 fully saturated rings. The van der Waals surface area contributed by atoms with Gasteiger partial charge in [0.05, 0.1) is 12.1 Å². The molecule has 2 N–H and O–H groups in total. The second kappa shape index (κ2) is 17.2. The molecule has 3 atom stereocenters. The molecule has 1 saturated carbocycles. The van der Waals surface area contributed by atoms with Crippen LogP contribution in [0.1, 0.15) is 88.6 Å². The maximum atomic E-state index is 10.6. The van der Waals surface area contributed by atoms with Gasteiger partial charge in [0.25, 0.3) is 0 Å². The molecule has 0 radical (unpaired) electrons. The highest BCUT2D eigenvalue weighted by molar-refractivity contribution is 5.97. The molecule has 3 unspecified atom stereocenters. The summed E-state index contributed by atoms with van der Waals surface area (Å²) in [6, 6.07) is 40.8. The van der Waals surface area contributed by atoms with Crippen LogP contribution >= 0.6 is 0 Å². The Morgan fingerprint density at radius 2 is 1.12 bits per heavy atom. The monoisotopic (exact) mass is 771 g/mol. The van der Waals surface area contributed by atoms with Crippen molar-refractivity contribution in [3.8, 4) is 0 Å². The Bertz CT molecular complexity index is 2260. The topological polar surface area (TPSA) is 48.0 Å². The molecule has 0 spiro atoms. The van der Waals surface area contributed by atoms with Crippen LogP contribution in [-0.4, -0.2) is 37.6 Å². The zero-order chi connectivity index (χ0) is 41.2. The van der Waals surface area contributed by atoms with Crippen molar-refractivity contribution in [1.29, 1.82) is 0 Å². The van der Waals surface area contributed by atoms with E-state index in [1.807, 2.05) is 6.92 Å². The Balaban J connectivity index is 1.29. The van der Waals surface area contributed by atoms with Crippen molar-refractivity contribution in [2.45, 2.75) is 98.5 Å². The van der Waals surface area contributed by atoms with Crippen molar-refractivity contribution in [2.24, 2.45) is 0 Å². The van der Waals surface area contributed by atoms with E-state index in [4.69, 9.17) is 4.74 Å². The zero-order valence-electron chi connectivity index (χ0n) is 36.0. The van der Waals surface area contributed by atoms with E-state index in [-0.39, 0.29) is 18.1 Å². The molecule has 58 heavy (non-hydrogen) atoms. The predicted octanol–water partition coefficient (Wildman–Crippen LogP) is 13.0. The number of aliphatic hydroxyl groups excluding tert-OH is 1. The molecule has 7 rings (SSSR count). The molecule has 5 nitrogen and oxygen atoms in total. The van der Waals surface area contributed by atoms with Gasteiger partial charge in [0.15, 0.2) is 6.29 Å². The summed E-state index contributed by atoms with van der Waals surface area (Å²) in [6.45, 7) is 18.9. The predicted molar refractivity (Wildman–Crippen MR) is 247 cm³/mol. The number of rotatable bonds is 12. The number of ether oxygens (including phenoxy) is 1. The lowest BCUT2D eigenvalue weighted by atomic mass is 9.82. The van der Waals surface area contributed by atoms with E-state index in [1.165, 1.54) is 72.2 Å². The van der Waals surface area contributed by atoms with E-state index in [1.54, 1.807) is 0 Å². The maximum absolute atomic E-state index is 10.6.